The lowest BCUT2D eigenvalue weighted by Gasteiger charge is -2.05. The van der Waals surface area contributed by atoms with Crippen LogP contribution in [0, 0.1) is 6.92 Å². The van der Waals surface area contributed by atoms with Gasteiger partial charge in [0.25, 0.3) is 0 Å². The molecule has 0 saturated carbocycles. The number of hydrogen-bond acceptors (Lipinski definition) is 2. The van der Waals surface area contributed by atoms with Crippen LogP contribution in [0.1, 0.15) is 11.1 Å². The van der Waals surface area contributed by atoms with E-state index < -0.39 is 0 Å². The molecule has 0 aliphatic carbocycles. The van der Waals surface area contributed by atoms with Crippen molar-refractivity contribution in [1.29, 1.82) is 0 Å². The van der Waals surface area contributed by atoms with E-state index in [1.54, 1.807) is 7.05 Å². The average molecular weight is 240 g/mol. The summed E-state index contributed by atoms with van der Waals surface area (Å²) >= 11 is 10.3. The zero-order valence-corrected chi connectivity index (χ0v) is 10.5. The molecular formula is C12H14ClNS. The van der Waals surface area contributed by atoms with Gasteiger partial charge in [0.2, 0.25) is 0 Å². The van der Waals surface area contributed by atoms with Gasteiger partial charge in [0.15, 0.2) is 0 Å². The number of allylic oxidation sites excluding steroid dienone is 1. The lowest BCUT2D eigenvalue weighted by Crippen LogP contribution is -2.03. The maximum atomic E-state index is 6.06. The van der Waals surface area contributed by atoms with Crippen LogP contribution in [0.15, 0.2) is 40.4 Å². The maximum Gasteiger partial charge on any atom is 0.0637 e. The molecule has 0 aliphatic rings. The molecule has 0 heterocycles. The Hall–Kier alpha value is -0.860. The van der Waals surface area contributed by atoms with Crippen LogP contribution in [-0.4, -0.2) is 7.05 Å². The maximum absolute atomic E-state index is 6.06. The highest BCUT2D eigenvalue weighted by Gasteiger charge is 2.00. The largest absolute Gasteiger partial charge is 0.387 e. The van der Waals surface area contributed by atoms with Crippen molar-refractivity contribution in [3.05, 3.63) is 46.6 Å². The number of benzene rings is 1. The van der Waals surface area contributed by atoms with Gasteiger partial charge >= 0.3 is 0 Å². The van der Waals surface area contributed by atoms with Crippen molar-refractivity contribution in [2.75, 3.05) is 7.05 Å². The van der Waals surface area contributed by atoms with Crippen molar-refractivity contribution < 1.29 is 0 Å². The molecule has 0 aliphatic heterocycles. The van der Waals surface area contributed by atoms with Gasteiger partial charge in [-0.3, -0.25) is 0 Å². The van der Waals surface area contributed by atoms with Crippen LogP contribution < -0.4 is 5.32 Å². The molecule has 1 nitrogen and oxygen atoms in total. The fourth-order valence-electron chi connectivity index (χ4n) is 1.16. The summed E-state index contributed by atoms with van der Waals surface area (Å²) in [6, 6.07) is 5.93. The second kappa shape index (κ2) is 5.29. The van der Waals surface area contributed by atoms with Gasteiger partial charge in [-0.25, -0.2) is 0 Å². The molecule has 3 heteroatoms. The molecule has 1 N–H and O–H groups in total. The first kappa shape index (κ1) is 12.2. The smallest absolute Gasteiger partial charge is 0.0637 e. The summed E-state index contributed by atoms with van der Waals surface area (Å²) in [5.74, 6) is 0. The Labute approximate surface area is 101 Å². The molecule has 0 radical (unpaired) electrons. The van der Waals surface area contributed by atoms with E-state index in [0.29, 0.717) is 10.7 Å². The molecule has 15 heavy (non-hydrogen) atoms. The number of nitrogens with one attached hydrogen (secondary N) is 1. The molecule has 0 aromatic heterocycles. The van der Waals surface area contributed by atoms with Crippen molar-refractivity contribution in [2.45, 2.75) is 11.8 Å². The van der Waals surface area contributed by atoms with Crippen LogP contribution in [0.4, 0.5) is 0 Å². The lowest BCUT2D eigenvalue weighted by atomic mass is 10.1. The van der Waals surface area contributed by atoms with Gasteiger partial charge in [-0.2, -0.15) is 0 Å². The standard InChI is InChI=1S/C12H14ClNS/c1-8-6-11(15)5-4-10(8)7-12(13)9(2)14-3/h4-7,14-15H,2H2,1,3H3/b12-7+. The van der Waals surface area contributed by atoms with Gasteiger partial charge in [-0.05, 0) is 36.3 Å². The van der Waals surface area contributed by atoms with Gasteiger partial charge < -0.3 is 5.32 Å². The minimum Gasteiger partial charge on any atom is -0.387 e. The predicted molar refractivity (Wildman–Crippen MR) is 70.5 cm³/mol. The third-order valence-electron chi connectivity index (χ3n) is 2.13. The van der Waals surface area contributed by atoms with Crippen LogP contribution in [0.2, 0.25) is 0 Å². The molecule has 0 spiro atoms. The predicted octanol–water partition coefficient (Wildman–Crippen LogP) is 3.60. The normalized spacial score (nSPS) is 11.3. The highest BCUT2D eigenvalue weighted by atomic mass is 35.5. The minimum atomic E-state index is 0.618. The Balaban J connectivity index is 3.03. The summed E-state index contributed by atoms with van der Waals surface area (Å²) in [5.41, 5.74) is 2.93. The van der Waals surface area contributed by atoms with Gasteiger partial charge in [0.05, 0.1) is 5.03 Å². The summed E-state index contributed by atoms with van der Waals surface area (Å²) in [6.45, 7) is 5.82. The molecule has 1 aromatic carbocycles. The summed E-state index contributed by atoms with van der Waals surface area (Å²) in [5, 5.41) is 3.52. The van der Waals surface area contributed by atoms with E-state index in [1.807, 2.05) is 31.2 Å². The Morgan fingerprint density at radius 1 is 1.53 bits per heavy atom. The molecule has 0 saturated heterocycles. The quantitative estimate of drug-likeness (QED) is 0.607. The first-order valence-electron chi connectivity index (χ1n) is 4.58. The van der Waals surface area contributed by atoms with E-state index in [2.05, 4.69) is 24.5 Å². The number of thiol groups is 1. The van der Waals surface area contributed by atoms with E-state index >= 15 is 0 Å². The first-order valence-corrected chi connectivity index (χ1v) is 5.41. The minimum absolute atomic E-state index is 0.618. The third-order valence-corrected chi connectivity index (χ3v) is 2.74. The number of hydrogen-bond donors (Lipinski definition) is 2. The van der Waals surface area contributed by atoms with Crippen molar-refractivity contribution in [2.24, 2.45) is 0 Å². The molecule has 0 amide bonds. The van der Waals surface area contributed by atoms with Crippen molar-refractivity contribution in [3.63, 3.8) is 0 Å². The monoisotopic (exact) mass is 239 g/mol. The Morgan fingerprint density at radius 2 is 2.20 bits per heavy atom. The number of likely N-dealkylation sites (N-methyl/N-ethyl adjacent to an activating group) is 1. The first-order chi connectivity index (χ1) is 7.04. The van der Waals surface area contributed by atoms with E-state index in [1.165, 1.54) is 0 Å². The van der Waals surface area contributed by atoms with E-state index in [9.17, 15) is 0 Å². The van der Waals surface area contributed by atoms with Crippen LogP contribution >= 0.6 is 24.2 Å². The second-order valence-corrected chi connectivity index (χ2v) is 4.19. The van der Waals surface area contributed by atoms with Gasteiger partial charge in [0, 0.05) is 17.6 Å². The van der Waals surface area contributed by atoms with Crippen LogP contribution in [-0.2, 0) is 0 Å². The van der Waals surface area contributed by atoms with Gasteiger partial charge in [-0.15, -0.1) is 12.6 Å². The molecule has 80 valence electrons. The summed E-state index contributed by atoms with van der Waals surface area (Å²) < 4.78 is 0. The fourth-order valence-corrected chi connectivity index (χ4v) is 1.65. The molecule has 1 rings (SSSR count). The van der Waals surface area contributed by atoms with Gasteiger partial charge in [-0.1, -0.05) is 24.2 Å². The number of rotatable bonds is 3. The highest BCUT2D eigenvalue weighted by molar-refractivity contribution is 7.80. The molecule has 0 unspecified atom stereocenters. The fraction of sp³-hybridized carbons (Fsp3) is 0.167. The van der Waals surface area contributed by atoms with Crippen molar-refractivity contribution in [1.82, 2.24) is 5.32 Å². The molecule has 0 atom stereocenters. The van der Waals surface area contributed by atoms with Gasteiger partial charge in [0.1, 0.15) is 0 Å². The second-order valence-electron chi connectivity index (χ2n) is 3.26. The Bertz CT molecular complexity index is 410. The van der Waals surface area contributed by atoms with E-state index in [-0.39, 0.29) is 0 Å². The topological polar surface area (TPSA) is 12.0 Å². The highest BCUT2D eigenvalue weighted by Crippen LogP contribution is 2.20. The van der Waals surface area contributed by atoms with E-state index in [4.69, 9.17) is 11.6 Å². The zero-order chi connectivity index (χ0) is 11.4. The molecular weight excluding hydrogens is 226 g/mol. The Morgan fingerprint density at radius 3 is 2.73 bits per heavy atom. The SMILES string of the molecule is C=C(NC)/C(Cl)=C\c1ccc(S)cc1C. The summed E-state index contributed by atoms with van der Waals surface area (Å²) in [7, 11) is 1.79. The van der Waals surface area contributed by atoms with Crippen molar-refractivity contribution in [3.8, 4) is 0 Å². The lowest BCUT2D eigenvalue weighted by molar-refractivity contribution is 1.04. The number of halogens is 1. The number of aryl methyl sites for hydroxylation is 1. The van der Waals surface area contributed by atoms with Crippen molar-refractivity contribution >= 4 is 30.3 Å². The molecule has 0 fully saturated rings. The van der Waals surface area contributed by atoms with Crippen LogP contribution in [0.3, 0.4) is 0 Å². The molecule has 1 aromatic rings. The summed E-state index contributed by atoms with van der Waals surface area (Å²) in [6.07, 6.45) is 1.89. The third kappa shape index (κ3) is 3.33. The van der Waals surface area contributed by atoms with E-state index in [0.717, 1.165) is 16.0 Å². The zero-order valence-electron chi connectivity index (χ0n) is 8.84. The average Bonchev–Trinajstić information content (AvgIpc) is 2.20. The Kier molecular flexibility index (Phi) is 4.30. The van der Waals surface area contributed by atoms with Crippen LogP contribution in [0.5, 0.6) is 0 Å². The molecule has 0 bridgehead atoms. The summed E-state index contributed by atoms with van der Waals surface area (Å²) in [4.78, 5) is 0.952. The van der Waals surface area contributed by atoms with Crippen LogP contribution in [0.25, 0.3) is 6.08 Å².